The van der Waals surface area contributed by atoms with Gasteiger partial charge in [0.25, 0.3) is 0 Å². The molecule has 0 aliphatic rings. The van der Waals surface area contributed by atoms with Gasteiger partial charge in [0, 0.05) is 5.56 Å². The molecular weight excluding hydrogens is 196 g/mol. The second-order valence-corrected chi connectivity index (χ2v) is 4.04. The number of unbranched alkanes of at least 4 members (excludes halogenated alkanes) is 4. The van der Waals surface area contributed by atoms with E-state index in [0.29, 0.717) is 0 Å². The zero-order valence-corrected chi connectivity index (χ0v) is 9.99. The fourth-order valence-electron chi connectivity index (χ4n) is 1.64. The van der Waals surface area contributed by atoms with Crippen LogP contribution >= 0.6 is 0 Å². The van der Waals surface area contributed by atoms with Crippen LogP contribution < -0.4 is 0 Å². The minimum Gasteiger partial charge on any atom is -0.298 e. The monoisotopic (exact) mass is 216 g/mol. The summed E-state index contributed by atoms with van der Waals surface area (Å²) in [6.45, 7) is 2.22. The van der Waals surface area contributed by atoms with Gasteiger partial charge in [-0.3, -0.25) is 4.79 Å². The average molecular weight is 216 g/mol. The average Bonchev–Trinajstić information content (AvgIpc) is 2.34. The summed E-state index contributed by atoms with van der Waals surface area (Å²) < 4.78 is 0. The topological polar surface area (TPSA) is 17.1 Å². The Bertz CT molecular complexity index is 339. The molecule has 0 spiro atoms. The van der Waals surface area contributed by atoms with Crippen molar-refractivity contribution in [1.29, 1.82) is 0 Å². The summed E-state index contributed by atoms with van der Waals surface area (Å²) in [4.78, 5) is 10.6. The Hall–Kier alpha value is -1.37. The van der Waals surface area contributed by atoms with Gasteiger partial charge in [0.15, 0.2) is 0 Å². The lowest BCUT2D eigenvalue weighted by Gasteiger charge is -1.96. The number of carbonyl (C=O) groups is 1. The first-order valence-electron chi connectivity index (χ1n) is 6.08. The number of aldehydes is 1. The molecular formula is C15H20O. The van der Waals surface area contributed by atoms with Crippen molar-refractivity contribution < 1.29 is 4.79 Å². The Morgan fingerprint density at radius 1 is 1.12 bits per heavy atom. The molecule has 0 saturated heterocycles. The molecule has 1 nitrogen and oxygen atoms in total. The van der Waals surface area contributed by atoms with Crippen molar-refractivity contribution in [1.82, 2.24) is 0 Å². The third-order valence-electron chi connectivity index (χ3n) is 2.58. The summed E-state index contributed by atoms with van der Waals surface area (Å²) >= 11 is 0. The van der Waals surface area contributed by atoms with Gasteiger partial charge in [0.2, 0.25) is 0 Å². The fourth-order valence-corrected chi connectivity index (χ4v) is 1.64. The molecule has 86 valence electrons. The maximum atomic E-state index is 10.6. The number of carbonyl (C=O) groups excluding carboxylic acids is 1. The number of rotatable bonds is 7. The van der Waals surface area contributed by atoms with Crippen molar-refractivity contribution in [3.05, 3.63) is 41.5 Å². The lowest BCUT2D eigenvalue weighted by molar-refractivity contribution is 0.112. The quantitative estimate of drug-likeness (QED) is 0.485. The number of allylic oxidation sites excluding steroid dienone is 1. The second-order valence-electron chi connectivity index (χ2n) is 4.04. The molecule has 0 aromatic heterocycles. The summed E-state index contributed by atoms with van der Waals surface area (Å²) in [7, 11) is 0. The molecule has 0 radical (unpaired) electrons. The Kier molecular flexibility index (Phi) is 6.24. The van der Waals surface area contributed by atoms with E-state index in [1.165, 1.54) is 25.7 Å². The van der Waals surface area contributed by atoms with E-state index in [1.807, 2.05) is 24.3 Å². The summed E-state index contributed by atoms with van der Waals surface area (Å²) in [5, 5.41) is 0. The van der Waals surface area contributed by atoms with Crippen molar-refractivity contribution in [2.45, 2.75) is 39.0 Å². The first-order chi connectivity index (χ1) is 7.86. The first kappa shape index (κ1) is 12.7. The van der Waals surface area contributed by atoms with Crippen LogP contribution in [-0.4, -0.2) is 6.29 Å². The van der Waals surface area contributed by atoms with Crippen molar-refractivity contribution in [2.24, 2.45) is 0 Å². The van der Waals surface area contributed by atoms with Gasteiger partial charge in [-0.25, -0.2) is 0 Å². The van der Waals surface area contributed by atoms with Gasteiger partial charge in [0.05, 0.1) is 0 Å². The van der Waals surface area contributed by atoms with Gasteiger partial charge in [-0.05, 0) is 24.5 Å². The molecule has 0 unspecified atom stereocenters. The summed E-state index contributed by atoms with van der Waals surface area (Å²) in [5.41, 5.74) is 1.85. The molecule has 0 aliphatic heterocycles. The fraction of sp³-hybridized carbons (Fsp3) is 0.400. The van der Waals surface area contributed by atoms with Gasteiger partial charge in [-0.2, -0.15) is 0 Å². The normalized spacial score (nSPS) is 10.8. The van der Waals surface area contributed by atoms with E-state index in [0.717, 1.165) is 23.8 Å². The molecule has 0 atom stereocenters. The van der Waals surface area contributed by atoms with E-state index in [2.05, 4.69) is 19.1 Å². The molecule has 0 N–H and O–H groups in total. The van der Waals surface area contributed by atoms with E-state index in [4.69, 9.17) is 0 Å². The molecule has 1 rings (SSSR count). The molecule has 0 amide bonds. The predicted octanol–water partition coefficient (Wildman–Crippen LogP) is 4.48. The molecule has 16 heavy (non-hydrogen) atoms. The van der Waals surface area contributed by atoms with E-state index >= 15 is 0 Å². The third-order valence-corrected chi connectivity index (χ3v) is 2.58. The highest BCUT2D eigenvalue weighted by Gasteiger charge is 1.90. The Morgan fingerprint density at radius 2 is 1.94 bits per heavy atom. The van der Waals surface area contributed by atoms with Gasteiger partial charge in [0.1, 0.15) is 6.29 Å². The largest absolute Gasteiger partial charge is 0.298 e. The lowest BCUT2D eigenvalue weighted by Crippen LogP contribution is -1.80. The molecule has 1 heteroatoms. The summed E-state index contributed by atoms with van der Waals surface area (Å²) in [6.07, 6.45) is 11.5. The Morgan fingerprint density at radius 3 is 2.69 bits per heavy atom. The van der Waals surface area contributed by atoms with Crippen LogP contribution in [0.1, 0.15) is 54.9 Å². The SMILES string of the molecule is CCCCCC/C=C/c1cccc(C=O)c1. The van der Waals surface area contributed by atoms with Crippen molar-refractivity contribution >= 4 is 12.4 Å². The zero-order chi connectivity index (χ0) is 11.6. The van der Waals surface area contributed by atoms with Crippen molar-refractivity contribution in [3.8, 4) is 0 Å². The number of hydrogen-bond acceptors (Lipinski definition) is 1. The Balaban J connectivity index is 2.34. The smallest absolute Gasteiger partial charge is 0.150 e. The number of benzene rings is 1. The summed E-state index contributed by atoms with van der Waals surface area (Å²) in [6, 6.07) is 7.68. The van der Waals surface area contributed by atoms with Crippen LogP contribution in [0.2, 0.25) is 0 Å². The van der Waals surface area contributed by atoms with Crippen LogP contribution in [0.5, 0.6) is 0 Å². The van der Waals surface area contributed by atoms with Crippen molar-refractivity contribution in [3.63, 3.8) is 0 Å². The molecule has 0 fully saturated rings. The molecule has 0 heterocycles. The van der Waals surface area contributed by atoms with Gasteiger partial charge in [-0.15, -0.1) is 0 Å². The molecule has 1 aromatic rings. The molecule has 0 saturated carbocycles. The van der Waals surface area contributed by atoms with E-state index in [1.54, 1.807) is 0 Å². The molecule has 0 aliphatic carbocycles. The standard InChI is InChI=1S/C15H20O/c1-2-3-4-5-6-7-9-14-10-8-11-15(12-14)13-16/h7-13H,2-6H2,1H3/b9-7+. The van der Waals surface area contributed by atoms with Gasteiger partial charge >= 0.3 is 0 Å². The maximum absolute atomic E-state index is 10.6. The van der Waals surface area contributed by atoms with E-state index in [-0.39, 0.29) is 0 Å². The third kappa shape index (κ3) is 4.92. The van der Waals surface area contributed by atoms with Gasteiger partial charge < -0.3 is 0 Å². The Labute approximate surface area is 98.2 Å². The first-order valence-corrected chi connectivity index (χ1v) is 6.08. The highest BCUT2D eigenvalue weighted by Crippen LogP contribution is 2.08. The minimum atomic E-state index is 0.744. The van der Waals surface area contributed by atoms with Crippen LogP contribution in [0, 0.1) is 0 Å². The molecule has 1 aromatic carbocycles. The number of hydrogen-bond donors (Lipinski definition) is 0. The maximum Gasteiger partial charge on any atom is 0.150 e. The van der Waals surface area contributed by atoms with Crippen LogP contribution in [0.25, 0.3) is 6.08 Å². The minimum absolute atomic E-state index is 0.744. The molecule has 0 bridgehead atoms. The van der Waals surface area contributed by atoms with Crippen molar-refractivity contribution in [2.75, 3.05) is 0 Å². The highest BCUT2D eigenvalue weighted by atomic mass is 16.1. The lowest BCUT2D eigenvalue weighted by atomic mass is 10.1. The van der Waals surface area contributed by atoms with Crippen LogP contribution in [-0.2, 0) is 0 Å². The van der Waals surface area contributed by atoms with Crippen LogP contribution in [0.3, 0.4) is 0 Å². The second kappa shape index (κ2) is 7.86. The van der Waals surface area contributed by atoms with E-state index < -0.39 is 0 Å². The van der Waals surface area contributed by atoms with Crippen LogP contribution in [0.4, 0.5) is 0 Å². The highest BCUT2D eigenvalue weighted by molar-refractivity contribution is 5.76. The zero-order valence-electron chi connectivity index (χ0n) is 9.99. The van der Waals surface area contributed by atoms with E-state index in [9.17, 15) is 4.79 Å². The predicted molar refractivity (Wildman–Crippen MR) is 69.6 cm³/mol. The summed E-state index contributed by atoms with van der Waals surface area (Å²) in [5.74, 6) is 0. The van der Waals surface area contributed by atoms with Gasteiger partial charge in [-0.1, -0.05) is 56.5 Å². The van der Waals surface area contributed by atoms with Crippen LogP contribution in [0.15, 0.2) is 30.3 Å².